The number of hydrogen-bond acceptors (Lipinski definition) is 2. The maximum Gasteiger partial charge on any atom is 0.162 e. The second-order valence-electron chi connectivity index (χ2n) is 15.5. The van der Waals surface area contributed by atoms with E-state index in [1.54, 1.807) is 0 Å². The fourth-order valence-corrected chi connectivity index (χ4v) is 19.2. The van der Waals surface area contributed by atoms with Crippen LogP contribution < -0.4 is 0 Å². The van der Waals surface area contributed by atoms with E-state index in [4.69, 9.17) is 4.43 Å². The van der Waals surface area contributed by atoms with Gasteiger partial charge in [-0.05, 0) is 92.0 Å². The van der Waals surface area contributed by atoms with E-state index < -0.39 is 26.2 Å². The summed E-state index contributed by atoms with van der Waals surface area (Å²) in [6, 6.07) is 1.37. The molecule has 0 radical (unpaired) electrons. The van der Waals surface area contributed by atoms with Crippen LogP contribution >= 0.6 is 0 Å². The molecule has 6 atom stereocenters. The van der Waals surface area contributed by atoms with Crippen LogP contribution in [0.1, 0.15) is 86.5 Å². The molecule has 0 bridgehead atoms. The minimum Gasteiger partial charge on any atom is -0.421 e. The smallest absolute Gasteiger partial charge is 0.162 e. The summed E-state index contributed by atoms with van der Waals surface area (Å²) >= 11 is 0. The van der Waals surface area contributed by atoms with Crippen molar-refractivity contribution in [3.63, 3.8) is 0 Å². The van der Waals surface area contributed by atoms with Crippen molar-refractivity contribution in [2.75, 3.05) is 6.54 Å². The molecule has 6 unspecified atom stereocenters. The van der Waals surface area contributed by atoms with Crippen molar-refractivity contribution >= 4 is 26.2 Å². The van der Waals surface area contributed by atoms with Gasteiger partial charge in [-0.1, -0.05) is 93.7 Å². The lowest BCUT2D eigenvalue weighted by Crippen LogP contribution is -2.59. The predicted molar refractivity (Wildman–Crippen MR) is 166 cm³/mol. The van der Waals surface area contributed by atoms with Gasteiger partial charge in [-0.2, -0.15) is 0 Å². The van der Waals surface area contributed by atoms with Gasteiger partial charge < -0.3 is 8.66 Å². The molecular formula is C30H65NOSi3. The Morgan fingerprint density at radius 1 is 0.714 bits per heavy atom. The van der Waals surface area contributed by atoms with Gasteiger partial charge in [0, 0.05) is 0 Å². The molecule has 208 valence electrons. The largest absolute Gasteiger partial charge is 0.421 e. The fourth-order valence-electron chi connectivity index (χ4n) is 8.14. The normalized spacial score (nSPS) is 32.3. The summed E-state index contributed by atoms with van der Waals surface area (Å²) in [5.41, 5.74) is 0. The summed E-state index contributed by atoms with van der Waals surface area (Å²) in [7, 11) is -2.97. The van der Waals surface area contributed by atoms with Crippen molar-refractivity contribution in [2.45, 2.75) is 138 Å². The highest BCUT2D eigenvalue weighted by Gasteiger charge is 2.44. The number of rotatable bonds is 12. The van der Waals surface area contributed by atoms with Crippen molar-refractivity contribution in [2.24, 2.45) is 47.3 Å². The molecule has 0 spiro atoms. The molecule has 0 N–H and O–H groups in total. The van der Waals surface area contributed by atoms with Crippen LogP contribution in [0.25, 0.3) is 0 Å². The molecule has 0 saturated heterocycles. The summed E-state index contributed by atoms with van der Waals surface area (Å²) in [5, 5.41) is 0. The predicted octanol–water partition coefficient (Wildman–Crippen LogP) is 8.65. The van der Waals surface area contributed by atoms with Gasteiger partial charge in [0.05, 0.1) is 6.10 Å². The van der Waals surface area contributed by atoms with E-state index in [1.807, 2.05) is 0 Å². The van der Waals surface area contributed by atoms with Crippen LogP contribution in [-0.2, 0) is 4.43 Å². The Labute approximate surface area is 226 Å². The molecule has 2 nitrogen and oxygen atoms in total. The summed E-state index contributed by atoms with van der Waals surface area (Å²) < 4.78 is 10.2. The van der Waals surface area contributed by atoms with Crippen molar-refractivity contribution in [3.8, 4) is 0 Å². The molecule has 0 aromatic carbocycles. The Bertz CT molecular complexity index is 566. The van der Waals surface area contributed by atoms with Crippen molar-refractivity contribution < 1.29 is 4.43 Å². The van der Waals surface area contributed by atoms with Crippen LogP contribution in [0, 0.1) is 47.3 Å². The molecule has 2 aliphatic rings. The van der Waals surface area contributed by atoms with Crippen LogP contribution in [0.15, 0.2) is 0 Å². The molecule has 5 heteroatoms. The first-order valence-corrected chi connectivity index (χ1v) is 24.0. The van der Waals surface area contributed by atoms with E-state index in [-0.39, 0.29) is 0 Å². The minimum absolute atomic E-state index is 0.481. The molecule has 0 amide bonds. The van der Waals surface area contributed by atoms with Crippen LogP contribution in [0.5, 0.6) is 0 Å². The quantitative estimate of drug-likeness (QED) is 0.182. The van der Waals surface area contributed by atoms with Gasteiger partial charge in [-0.3, -0.25) is 0 Å². The number of hydrogen-bond donors (Lipinski definition) is 0. The van der Waals surface area contributed by atoms with Crippen molar-refractivity contribution in [1.29, 1.82) is 0 Å². The molecule has 2 fully saturated rings. The summed E-state index contributed by atoms with van der Waals surface area (Å²) in [4.78, 5) is 0. The van der Waals surface area contributed by atoms with Gasteiger partial charge in [-0.25, -0.2) is 0 Å². The van der Waals surface area contributed by atoms with Gasteiger partial charge >= 0.3 is 0 Å². The topological polar surface area (TPSA) is 12.5 Å². The van der Waals surface area contributed by atoms with Crippen LogP contribution in [-0.4, -0.2) is 43.1 Å². The Morgan fingerprint density at radius 3 is 1.51 bits per heavy atom. The van der Waals surface area contributed by atoms with Crippen LogP contribution in [0.3, 0.4) is 0 Å². The summed E-state index contributed by atoms with van der Waals surface area (Å²) in [5.74, 6) is 6.66. The maximum atomic E-state index is 7.27. The first kappa shape index (κ1) is 31.8. The third-order valence-electron chi connectivity index (χ3n) is 9.70. The van der Waals surface area contributed by atoms with Gasteiger partial charge in [-0.15, -0.1) is 0 Å². The van der Waals surface area contributed by atoms with Gasteiger partial charge in [0.2, 0.25) is 0 Å². The molecule has 2 saturated carbocycles. The molecule has 0 aromatic heterocycles. The zero-order valence-electron chi connectivity index (χ0n) is 26.1. The van der Waals surface area contributed by atoms with E-state index in [2.05, 4.69) is 85.1 Å². The van der Waals surface area contributed by atoms with E-state index >= 15 is 0 Å². The van der Waals surface area contributed by atoms with E-state index in [0.717, 1.165) is 47.3 Å². The molecule has 0 aliphatic heterocycles. The van der Waals surface area contributed by atoms with Gasteiger partial charge in [0.1, 0.15) is 16.5 Å². The third kappa shape index (κ3) is 9.37. The monoisotopic (exact) mass is 539 g/mol. The van der Waals surface area contributed by atoms with Crippen LogP contribution in [0.4, 0.5) is 0 Å². The lowest BCUT2D eigenvalue weighted by Gasteiger charge is -2.49. The summed E-state index contributed by atoms with van der Waals surface area (Å²) in [6.45, 7) is 31.6. The Morgan fingerprint density at radius 2 is 1.14 bits per heavy atom. The average molecular weight is 540 g/mol. The highest BCUT2D eigenvalue weighted by atomic mass is 28.4. The maximum absolute atomic E-state index is 7.27. The van der Waals surface area contributed by atoms with Gasteiger partial charge in [0.25, 0.3) is 0 Å². The molecule has 2 aliphatic carbocycles. The van der Waals surface area contributed by atoms with Crippen molar-refractivity contribution in [1.82, 2.24) is 4.23 Å². The Kier molecular flexibility index (Phi) is 12.3. The van der Waals surface area contributed by atoms with E-state index in [1.165, 1.54) is 57.5 Å². The zero-order valence-corrected chi connectivity index (χ0v) is 29.5. The second kappa shape index (κ2) is 13.6. The minimum atomic E-state index is -1.25. The lowest BCUT2D eigenvalue weighted by atomic mass is 9.60. The second-order valence-corrected chi connectivity index (χ2v) is 27.2. The highest BCUT2D eigenvalue weighted by molar-refractivity contribution is 6.89. The Balaban J connectivity index is 2.15. The van der Waals surface area contributed by atoms with Crippen LogP contribution in [0.2, 0.25) is 45.3 Å². The van der Waals surface area contributed by atoms with Crippen molar-refractivity contribution in [3.05, 3.63) is 0 Å². The summed E-state index contributed by atoms with van der Waals surface area (Å²) in [6.07, 6.45) is 10.5. The zero-order chi connectivity index (χ0) is 26.6. The fraction of sp³-hybridized carbons (Fsp3) is 1.00. The third-order valence-corrected chi connectivity index (χ3v) is 18.8. The molecule has 0 heterocycles. The first-order valence-electron chi connectivity index (χ1n) is 15.5. The lowest BCUT2D eigenvalue weighted by molar-refractivity contribution is -0.0454. The van der Waals surface area contributed by atoms with E-state index in [9.17, 15) is 0 Å². The Hall–Kier alpha value is 0.571. The molecular weight excluding hydrogens is 475 g/mol. The van der Waals surface area contributed by atoms with Gasteiger partial charge in [0.15, 0.2) is 9.76 Å². The molecule has 35 heavy (non-hydrogen) atoms. The van der Waals surface area contributed by atoms with E-state index in [0.29, 0.717) is 6.10 Å². The molecule has 0 aromatic rings. The first-order chi connectivity index (χ1) is 16.1. The highest BCUT2D eigenvalue weighted by Crippen LogP contribution is 2.48. The standard InChI is InChI=1S/C30H65NOSi3/c1-22(2)26-16-14-24(5)20-28(26)30(29-21-25(6)15-17-27(29)23(3)4)32-33-19-13-18-31(34(7,8)9)35(10,11)12/h22-30H,13-21,33H2,1-12H3. The SMILES string of the molecule is CC1CCC(C(C)C)C(C(O[SiH2]CCCN([Si](C)(C)C)[Si](C)(C)C)C2CC(C)CCC2C(C)C)C1. The molecule has 2 rings (SSSR count). The number of nitrogens with zero attached hydrogens (tertiary/aromatic N) is 1. The average Bonchev–Trinajstić information content (AvgIpc) is 2.70.